The molecule has 2 fully saturated rings. The molecule has 3 amide bonds. The Morgan fingerprint density at radius 1 is 1.32 bits per heavy atom. The second-order valence-electron chi connectivity index (χ2n) is 6.35. The Morgan fingerprint density at radius 2 is 2.04 bits per heavy atom. The summed E-state index contributed by atoms with van der Waals surface area (Å²) in [5, 5.41) is 8.70. The van der Waals surface area contributed by atoms with Crippen molar-refractivity contribution in [1.82, 2.24) is 20.9 Å². The van der Waals surface area contributed by atoms with Gasteiger partial charge in [-0.2, -0.15) is 0 Å². The first kappa shape index (κ1) is 22.1. The molecule has 1 aromatic rings. The number of aliphatic imine (C=N–C) groups is 1. The van der Waals surface area contributed by atoms with Gasteiger partial charge in [0.15, 0.2) is 5.96 Å². The Kier molecular flexibility index (Phi) is 7.78. The van der Waals surface area contributed by atoms with Crippen molar-refractivity contribution in [3.8, 4) is 0 Å². The maximum absolute atomic E-state index is 13.9. The highest BCUT2D eigenvalue weighted by Crippen LogP contribution is 2.26. The van der Waals surface area contributed by atoms with Crippen LogP contribution in [0.5, 0.6) is 0 Å². The SMILES string of the molecule is CN=C(NCCN1C(=O)CNC1=O)NC1CCN(c2c(F)cccc2F)C1.I. The molecule has 154 valence electrons. The lowest BCUT2D eigenvalue weighted by atomic mass is 10.2. The van der Waals surface area contributed by atoms with Crippen LogP contribution in [-0.4, -0.2) is 68.6 Å². The molecule has 1 aromatic carbocycles. The van der Waals surface area contributed by atoms with Gasteiger partial charge in [0.05, 0.1) is 6.54 Å². The number of imide groups is 1. The van der Waals surface area contributed by atoms with Gasteiger partial charge in [-0.05, 0) is 18.6 Å². The van der Waals surface area contributed by atoms with E-state index >= 15 is 0 Å². The molecule has 11 heteroatoms. The predicted octanol–water partition coefficient (Wildman–Crippen LogP) is 0.878. The maximum atomic E-state index is 13.9. The van der Waals surface area contributed by atoms with Crippen LogP contribution in [0.25, 0.3) is 0 Å². The van der Waals surface area contributed by atoms with Gasteiger partial charge in [0.25, 0.3) is 0 Å². The molecule has 1 atom stereocenters. The molecule has 0 radical (unpaired) electrons. The van der Waals surface area contributed by atoms with E-state index in [1.54, 1.807) is 11.9 Å². The molecular weight excluding hydrogens is 485 g/mol. The quantitative estimate of drug-likeness (QED) is 0.238. The number of carbonyl (C=O) groups excluding carboxylic acids is 2. The van der Waals surface area contributed by atoms with Crippen molar-refractivity contribution in [2.24, 2.45) is 4.99 Å². The van der Waals surface area contributed by atoms with E-state index in [4.69, 9.17) is 0 Å². The molecule has 2 aliphatic rings. The summed E-state index contributed by atoms with van der Waals surface area (Å²) < 4.78 is 27.9. The van der Waals surface area contributed by atoms with Crippen molar-refractivity contribution in [2.75, 3.05) is 44.7 Å². The minimum Gasteiger partial charge on any atom is -0.365 e. The van der Waals surface area contributed by atoms with E-state index in [9.17, 15) is 18.4 Å². The highest BCUT2D eigenvalue weighted by atomic mass is 127. The van der Waals surface area contributed by atoms with E-state index in [2.05, 4.69) is 20.9 Å². The van der Waals surface area contributed by atoms with Crippen molar-refractivity contribution in [3.63, 3.8) is 0 Å². The van der Waals surface area contributed by atoms with Crippen molar-refractivity contribution < 1.29 is 18.4 Å². The molecule has 0 spiro atoms. The summed E-state index contributed by atoms with van der Waals surface area (Å²) >= 11 is 0. The zero-order valence-electron chi connectivity index (χ0n) is 15.4. The highest BCUT2D eigenvalue weighted by molar-refractivity contribution is 14.0. The summed E-state index contributed by atoms with van der Waals surface area (Å²) in [6.45, 7) is 1.55. The molecule has 8 nitrogen and oxygen atoms in total. The summed E-state index contributed by atoms with van der Waals surface area (Å²) in [4.78, 5) is 29.9. The van der Waals surface area contributed by atoms with Crippen LogP contribution in [0.4, 0.5) is 19.3 Å². The maximum Gasteiger partial charge on any atom is 0.324 e. The molecule has 2 heterocycles. The van der Waals surface area contributed by atoms with E-state index in [1.807, 2.05) is 0 Å². The monoisotopic (exact) mass is 508 g/mol. The summed E-state index contributed by atoms with van der Waals surface area (Å²) in [5.41, 5.74) is -0.0108. The summed E-state index contributed by atoms with van der Waals surface area (Å²) in [5.74, 6) is -0.913. The average molecular weight is 508 g/mol. The van der Waals surface area contributed by atoms with Gasteiger partial charge in [-0.25, -0.2) is 13.6 Å². The lowest BCUT2D eigenvalue weighted by molar-refractivity contribution is -0.124. The Labute approximate surface area is 178 Å². The number of hydrogen-bond donors (Lipinski definition) is 3. The summed E-state index contributed by atoms with van der Waals surface area (Å²) in [7, 11) is 1.60. The highest BCUT2D eigenvalue weighted by Gasteiger charge is 2.29. The third kappa shape index (κ3) is 5.00. The number of para-hydroxylation sites is 1. The number of rotatable bonds is 5. The summed E-state index contributed by atoms with van der Waals surface area (Å²) in [6.07, 6.45) is 0.696. The van der Waals surface area contributed by atoms with Crippen LogP contribution >= 0.6 is 24.0 Å². The van der Waals surface area contributed by atoms with Crippen molar-refractivity contribution in [2.45, 2.75) is 12.5 Å². The number of nitrogens with one attached hydrogen (secondary N) is 3. The number of amides is 3. The van der Waals surface area contributed by atoms with Crippen molar-refractivity contribution in [3.05, 3.63) is 29.8 Å². The Hall–Kier alpha value is -2.18. The lowest BCUT2D eigenvalue weighted by Gasteiger charge is -2.21. The molecule has 1 unspecified atom stereocenters. The van der Waals surface area contributed by atoms with E-state index in [-0.39, 0.29) is 54.7 Å². The number of halogens is 3. The van der Waals surface area contributed by atoms with Crippen LogP contribution in [0.3, 0.4) is 0 Å². The number of carbonyl (C=O) groups is 2. The molecular formula is C17H23F2IN6O2. The number of nitrogens with zero attached hydrogens (tertiary/aromatic N) is 3. The van der Waals surface area contributed by atoms with Gasteiger partial charge < -0.3 is 20.9 Å². The molecule has 0 aromatic heterocycles. The smallest absolute Gasteiger partial charge is 0.324 e. The van der Waals surface area contributed by atoms with Crippen LogP contribution in [0.1, 0.15) is 6.42 Å². The number of benzene rings is 1. The average Bonchev–Trinajstić information content (AvgIpc) is 3.22. The minimum absolute atomic E-state index is 0. The second kappa shape index (κ2) is 9.85. The van der Waals surface area contributed by atoms with Gasteiger partial charge >= 0.3 is 6.03 Å². The molecule has 3 rings (SSSR count). The minimum atomic E-state index is -0.577. The first-order valence-corrected chi connectivity index (χ1v) is 8.74. The van der Waals surface area contributed by atoms with Crippen LogP contribution < -0.4 is 20.9 Å². The number of anilines is 1. The van der Waals surface area contributed by atoms with Crippen molar-refractivity contribution in [1.29, 1.82) is 0 Å². The van der Waals surface area contributed by atoms with E-state index in [0.717, 1.165) is 4.90 Å². The zero-order chi connectivity index (χ0) is 19.4. The van der Waals surface area contributed by atoms with E-state index in [1.165, 1.54) is 18.2 Å². The van der Waals surface area contributed by atoms with Gasteiger partial charge in [-0.3, -0.25) is 14.7 Å². The fraction of sp³-hybridized carbons (Fsp3) is 0.471. The lowest BCUT2D eigenvalue weighted by Crippen LogP contribution is -2.47. The van der Waals surface area contributed by atoms with Crippen LogP contribution in [-0.2, 0) is 4.79 Å². The van der Waals surface area contributed by atoms with Crippen LogP contribution in [0.2, 0.25) is 0 Å². The van der Waals surface area contributed by atoms with Gasteiger partial charge in [0.2, 0.25) is 5.91 Å². The Bertz CT molecular complexity index is 727. The molecule has 0 saturated carbocycles. The van der Waals surface area contributed by atoms with Gasteiger partial charge in [-0.1, -0.05) is 6.07 Å². The molecule has 0 bridgehead atoms. The van der Waals surface area contributed by atoms with E-state index < -0.39 is 17.7 Å². The Morgan fingerprint density at radius 3 is 2.64 bits per heavy atom. The van der Waals surface area contributed by atoms with Gasteiger partial charge in [0.1, 0.15) is 17.3 Å². The topological polar surface area (TPSA) is 89.1 Å². The standard InChI is InChI=1S/C17H22F2N6O2.HI/c1-20-16(21-6-8-25-14(26)9-22-17(25)27)23-11-5-7-24(10-11)15-12(18)3-2-4-13(15)19;/h2-4,11H,5-10H2,1H3,(H,22,27)(H2,20,21,23);1H. The molecule has 0 aliphatic carbocycles. The number of guanidine groups is 1. The van der Waals surface area contributed by atoms with Crippen LogP contribution in [0, 0.1) is 11.6 Å². The number of hydrogen-bond acceptors (Lipinski definition) is 4. The normalized spacial score (nSPS) is 19.5. The second-order valence-corrected chi connectivity index (χ2v) is 6.35. The fourth-order valence-electron chi connectivity index (χ4n) is 3.23. The van der Waals surface area contributed by atoms with Gasteiger partial charge in [0, 0.05) is 39.3 Å². The molecule has 28 heavy (non-hydrogen) atoms. The predicted molar refractivity (Wildman–Crippen MR) is 112 cm³/mol. The number of urea groups is 1. The molecule has 2 aliphatic heterocycles. The fourth-order valence-corrected chi connectivity index (χ4v) is 3.23. The summed E-state index contributed by atoms with van der Waals surface area (Å²) in [6, 6.07) is 3.40. The third-order valence-corrected chi connectivity index (χ3v) is 4.57. The van der Waals surface area contributed by atoms with Crippen molar-refractivity contribution >= 4 is 47.6 Å². The third-order valence-electron chi connectivity index (χ3n) is 4.57. The molecule has 3 N–H and O–H groups in total. The zero-order valence-corrected chi connectivity index (χ0v) is 17.7. The first-order valence-electron chi connectivity index (χ1n) is 8.74. The van der Waals surface area contributed by atoms with E-state index in [0.29, 0.717) is 32.0 Å². The van der Waals surface area contributed by atoms with Crippen LogP contribution in [0.15, 0.2) is 23.2 Å². The Balaban J connectivity index is 0.00000280. The largest absolute Gasteiger partial charge is 0.365 e. The van der Waals surface area contributed by atoms with Gasteiger partial charge in [-0.15, -0.1) is 24.0 Å². The molecule has 2 saturated heterocycles. The first-order chi connectivity index (χ1) is 13.0.